The molecule has 1 aromatic rings. The van der Waals surface area contributed by atoms with Crippen LogP contribution in [0.15, 0.2) is 53.7 Å². The minimum absolute atomic E-state index is 0.520. The predicted molar refractivity (Wildman–Crippen MR) is 63.2 cm³/mol. The summed E-state index contributed by atoms with van der Waals surface area (Å²) in [5.74, 6) is 0. The minimum Gasteiger partial charge on any atom is -0.0937 e. The van der Waals surface area contributed by atoms with Gasteiger partial charge in [0.25, 0.3) is 0 Å². The van der Waals surface area contributed by atoms with Crippen molar-refractivity contribution in [1.29, 1.82) is 0 Å². The lowest BCUT2D eigenvalue weighted by atomic mass is 10.2. The molecule has 0 amide bonds. The van der Waals surface area contributed by atoms with Gasteiger partial charge in [0, 0.05) is 11.5 Å². The summed E-state index contributed by atoms with van der Waals surface area (Å²) in [4.78, 5) is 2.67. The lowest BCUT2D eigenvalue weighted by Crippen LogP contribution is -1.71. The van der Waals surface area contributed by atoms with Crippen LogP contribution in [0.2, 0.25) is 0 Å². The molecule has 1 rings (SSSR count). The fourth-order valence-corrected chi connectivity index (χ4v) is 1.08. The molecule has 0 atom stereocenters. The number of nitrogens with zero attached hydrogens (tertiary/aromatic N) is 3. The van der Waals surface area contributed by atoms with E-state index in [-0.39, 0.29) is 0 Å². The zero-order chi connectivity index (χ0) is 10.8. The van der Waals surface area contributed by atoms with E-state index in [1.165, 1.54) is 5.56 Å². The second kappa shape index (κ2) is 7.42. The molecular formula is C12H13N3. The molecule has 0 unspecified atom stereocenters. The zero-order valence-electron chi connectivity index (χ0n) is 8.45. The summed E-state index contributed by atoms with van der Waals surface area (Å²) in [5.41, 5.74) is 9.22. The Labute approximate surface area is 89.4 Å². The van der Waals surface area contributed by atoms with Crippen LogP contribution in [-0.2, 0) is 0 Å². The van der Waals surface area contributed by atoms with E-state index in [0.29, 0.717) is 6.54 Å². The molecule has 3 nitrogen and oxygen atoms in total. The highest BCUT2D eigenvalue weighted by Gasteiger charge is 1.79. The van der Waals surface area contributed by atoms with Crippen LogP contribution in [0.4, 0.5) is 0 Å². The molecular weight excluding hydrogens is 186 g/mol. The fraction of sp³-hybridized carbons (Fsp3) is 0.167. The van der Waals surface area contributed by atoms with E-state index < -0.39 is 0 Å². The molecule has 0 saturated carbocycles. The third-order valence-electron chi connectivity index (χ3n) is 1.79. The van der Waals surface area contributed by atoms with Crippen molar-refractivity contribution in [2.75, 3.05) is 6.54 Å². The number of azide groups is 1. The number of hydrogen-bond acceptors (Lipinski definition) is 1. The Kier molecular flexibility index (Phi) is 5.48. The van der Waals surface area contributed by atoms with Crippen LogP contribution in [0.5, 0.6) is 0 Å². The van der Waals surface area contributed by atoms with Crippen molar-refractivity contribution in [2.45, 2.75) is 6.42 Å². The predicted octanol–water partition coefficient (Wildman–Crippen LogP) is 3.96. The summed E-state index contributed by atoms with van der Waals surface area (Å²) in [6.07, 6.45) is 8.73. The molecule has 15 heavy (non-hydrogen) atoms. The van der Waals surface area contributed by atoms with Crippen LogP contribution in [0.25, 0.3) is 16.5 Å². The van der Waals surface area contributed by atoms with E-state index in [1.807, 2.05) is 54.6 Å². The van der Waals surface area contributed by atoms with Crippen molar-refractivity contribution >= 4 is 6.08 Å². The van der Waals surface area contributed by atoms with Crippen molar-refractivity contribution in [3.05, 3.63) is 64.6 Å². The normalized spacial score (nSPS) is 10.7. The van der Waals surface area contributed by atoms with Crippen LogP contribution < -0.4 is 0 Å². The largest absolute Gasteiger partial charge is 0.0937 e. The fourth-order valence-electron chi connectivity index (χ4n) is 1.08. The Bertz CT molecular complexity index is 373. The molecule has 0 aliphatic heterocycles. The Morgan fingerprint density at radius 3 is 2.73 bits per heavy atom. The van der Waals surface area contributed by atoms with E-state index >= 15 is 0 Å². The summed E-state index contributed by atoms with van der Waals surface area (Å²) in [5, 5.41) is 3.43. The second-order valence-corrected chi connectivity index (χ2v) is 2.94. The van der Waals surface area contributed by atoms with Crippen molar-refractivity contribution in [3.8, 4) is 0 Å². The van der Waals surface area contributed by atoms with Gasteiger partial charge < -0.3 is 0 Å². The molecule has 76 valence electrons. The maximum absolute atomic E-state index is 8.04. The molecule has 1 aromatic carbocycles. The molecule has 0 saturated heterocycles. The SMILES string of the molecule is [N-]=[N+]=NCC/C=C\C=C\c1ccccc1. The van der Waals surface area contributed by atoms with Gasteiger partial charge in [-0.15, -0.1) is 0 Å². The summed E-state index contributed by atoms with van der Waals surface area (Å²) in [6, 6.07) is 10.1. The first-order valence-electron chi connectivity index (χ1n) is 4.82. The third kappa shape index (κ3) is 5.34. The molecule has 0 N–H and O–H groups in total. The van der Waals surface area contributed by atoms with Crippen molar-refractivity contribution in [3.63, 3.8) is 0 Å². The molecule has 0 fully saturated rings. The van der Waals surface area contributed by atoms with Crippen LogP contribution in [0.1, 0.15) is 12.0 Å². The van der Waals surface area contributed by atoms with Gasteiger partial charge in [0.1, 0.15) is 0 Å². The standard InChI is InChI=1S/C12H13N3/c13-15-14-11-7-2-1-4-8-12-9-5-3-6-10-12/h1-6,8-10H,7,11H2/b2-1-,8-4+. The lowest BCUT2D eigenvalue weighted by Gasteiger charge is -1.88. The smallest absolute Gasteiger partial charge is 0.0292 e. The average molecular weight is 199 g/mol. The van der Waals surface area contributed by atoms with Crippen LogP contribution in [0.3, 0.4) is 0 Å². The number of hydrogen-bond donors (Lipinski definition) is 0. The topological polar surface area (TPSA) is 48.8 Å². The summed E-state index contributed by atoms with van der Waals surface area (Å²) < 4.78 is 0. The first-order chi connectivity index (χ1) is 7.43. The summed E-state index contributed by atoms with van der Waals surface area (Å²) in [6.45, 7) is 0.520. The Balaban J connectivity index is 2.30. The maximum Gasteiger partial charge on any atom is 0.0292 e. The molecule has 0 aliphatic carbocycles. The first kappa shape index (κ1) is 11.1. The maximum atomic E-state index is 8.04. The highest BCUT2D eigenvalue weighted by molar-refractivity contribution is 5.50. The molecule has 0 heterocycles. The van der Waals surface area contributed by atoms with E-state index in [2.05, 4.69) is 10.0 Å². The lowest BCUT2D eigenvalue weighted by molar-refractivity contribution is 0.992. The van der Waals surface area contributed by atoms with Gasteiger partial charge in [0.15, 0.2) is 0 Å². The molecule has 3 heteroatoms. The Morgan fingerprint density at radius 1 is 1.20 bits per heavy atom. The average Bonchev–Trinajstić information content (AvgIpc) is 2.29. The van der Waals surface area contributed by atoms with Gasteiger partial charge >= 0.3 is 0 Å². The molecule has 0 radical (unpaired) electrons. The third-order valence-corrected chi connectivity index (χ3v) is 1.79. The van der Waals surface area contributed by atoms with Gasteiger partial charge in [-0.25, -0.2) is 0 Å². The van der Waals surface area contributed by atoms with Gasteiger partial charge in [-0.1, -0.05) is 59.8 Å². The molecule has 0 aliphatic rings. The van der Waals surface area contributed by atoms with Crippen molar-refractivity contribution in [2.24, 2.45) is 5.11 Å². The molecule has 0 aromatic heterocycles. The molecule has 0 bridgehead atoms. The van der Waals surface area contributed by atoms with Crippen LogP contribution in [0, 0.1) is 0 Å². The van der Waals surface area contributed by atoms with Gasteiger partial charge in [0.05, 0.1) is 0 Å². The highest BCUT2D eigenvalue weighted by atomic mass is 15.1. The second-order valence-electron chi connectivity index (χ2n) is 2.94. The quantitative estimate of drug-likeness (QED) is 0.226. The first-order valence-corrected chi connectivity index (χ1v) is 4.82. The van der Waals surface area contributed by atoms with Gasteiger partial charge in [-0.3, -0.25) is 0 Å². The summed E-state index contributed by atoms with van der Waals surface area (Å²) >= 11 is 0. The van der Waals surface area contributed by atoms with Gasteiger partial charge in [-0.2, -0.15) is 0 Å². The van der Waals surface area contributed by atoms with E-state index in [1.54, 1.807) is 0 Å². The zero-order valence-corrected chi connectivity index (χ0v) is 8.45. The van der Waals surface area contributed by atoms with Crippen LogP contribution >= 0.6 is 0 Å². The van der Waals surface area contributed by atoms with E-state index in [0.717, 1.165) is 6.42 Å². The minimum atomic E-state index is 0.520. The van der Waals surface area contributed by atoms with E-state index in [9.17, 15) is 0 Å². The number of allylic oxidation sites excluding steroid dienone is 2. The van der Waals surface area contributed by atoms with Crippen LogP contribution in [-0.4, -0.2) is 6.54 Å². The highest BCUT2D eigenvalue weighted by Crippen LogP contribution is 2.00. The molecule has 0 spiro atoms. The van der Waals surface area contributed by atoms with Crippen molar-refractivity contribution < 1.29 is 0 Å². The number of benzene rings is 1. The monoisotopic (exact) mass is 199 g/mol. The number of rotatable bonds is 5. The van der Waals surface area contributed by atoms with Gasteiger partial charge in [-0.05, 0) is 17.5 Å². The van der Waals surface area contributed by atoms with Gasteiger partial charge in [0.2, 0.25) is 0 Å². The summed E-state index contributed by atoms with van der Waals surface area (Å²) in [7, 11) is 0. The Hall–Kier alpha value is -1.99. The van der Waals surface area contributed by atoms with E-state index in [4.69, 9.17) is 5.53 Å². The van der Waals surface area contributed by atoms with Crippen molar-refractivity contribution in [1.82, 2.24) is 0 Å². The Morgan fingerprint density at radius 2 is 2.00 bits per heavy atom.